The molecule has 1 amide bonds. The van der Waals surface area contributed by atoms with Crippen molar-refractivity contribution in [2.24, 2.45) is 0 Å². The van der Waals surface area contributed by atoms with Crippen LogP contribution in [0.15, 0.2) is 0 Å². The van der Waals surface area contributed by atoms with Gasteiger partial charge in [0.1, 0.15) is 0 Å². The van der Waals surface area contributed by atoms with Crippen molar-refractivity contribution in [2.75, 3.05) is 40.3 Å². The molecule has 0 aromatic heterocycles. The van der Waals surface area contributed by atoms with Crippen LogP contribution in [0.1, 0.15) is 38.5 Å². The smallest absolute Gasteiger partial charge is 0.281 e. The predicted molar refractivity (Wildman–Crippen MR) is 86.1 cm³/mol. The Kier molecular flexibility index (Phi) is 4.70. The van der Waals surface area contributed by atoms with Gasteiger partial charge in [0, 0.05) is 46.7 Å². The maximum atomic E-state index is 12.3. The highest BCUT2D eigenvalue weighted by Crippen LogP contribution is 2.38. The van der Waals surface area contributed by atoms with Gasteiger partial charge in [-0.2, -0.15) is 17.0 Å². The number of hydrogen-bond donors (Lipinski definition) is 0. The van der Waals surface area contributed by atoms with Crippen LogP contribution >= 0.6 is 0 Å². The Balaban J connectivity index is 1.63. The molecule has 3 fully saturated rings. The van der Waals surface area contributed by atoms with Crippen molar-refractivity contribution in [1.82, 2.24) is 13.5 Å². The molecule has 0 bridgehead atoms. The van der Waals surface area contributed by atoms with E-state index in [1.807, 2.05) is 4.90 Å². The molecule has 0 aliphatic carbocycles. The van der Waals surface area contributed by atoms with E-state index in [0.717, 1.165) is 38.6 Å². The Morgan fingerprint density at radius 3 is 2.70 bits per heavy atom. The van der Waals surface area contributed by atoms with E-state index in [2.05, 4.69) is 0 Å². The summed E-state index contributed by atoms with van der Waals surface area (Å²) >= 11 is 0. The highest BCUT2D eigenvalue weighted by molar-refractivity contribution is 7.86. The molecule has 0 aromatic rings. The van der Waals surface area contributed by atoms with Crippen LogP contribution in [0.3, 0.4) is 0 Å². The first-order chi connectivity index (χ1) is 10.8. The molecule has 1 spiro atoms. The van der Waals surface area contributed by atoms with E-state index in [4.69, 9.17) is 4.74 Å². The van der Waals surface area contributed by atoms with Gasteiger partial charge in [0.2, 0.25) is 5.91 Å². The summed E-state index contributed by atoms with van der Waals surface area (Å²) in [7, 11) is -0.260. The topological polar surface area (TPSA) is 70.2 Å². The van der Waals surface area contributed by atoms with Gasteiger partial charge in [0.25, 0.3) is 10.2 Å². The van der Waals surface area contributed by atoms with Crippen LogP contribution in [-0.4, -0.2) is 79.8 Å². The van der Waals surface area contributed by atoms with Crippen molar-refractivity contribution < 1.29 is 17.9 Å². The fourth-order valence-electron chi connectivity index (χ4n) is 3.93. The summed E-state index contributed by atoms with van der Waals surface area (Å²) in [6.45, 7) is 2.42. The third-order valence-electron chi connectivity index (χ3n) is 5.24. The fourth-order valence-corrected chi connectivity index (χ4v) is 5.11. The van der Waals surface area contributed by atoms with Gasteiger partial charge in [-0.05, 0) is 32.1 Å². The van der Waals surface area contributed by atoms with E-state index in [9.17, 15) is 13.2 Å². The number of amides is 1. The van der Waals surface area contributed by atoms with E-state index in [1.165, 1.54) is 8.61 Å². The molecule has 3 rings (SSSR count). The summed E-state index contributed by atoms with van der Waals surface area (Å²) in [6, 6.07) is 0. The molecule has 3 heterocycles. The number of carbonyl (C=O) groups excluding carboxylic acids is 1. The fraction of sp³-hybridized carbons (Fsp3) is 0.933. The number of rotatable bonds is 4. The Morgan fingerprint density at radius 1 is 1.26 bits per heavy atom. The van der Waals surface area contributed by atoms with Gasteiger partial charge in [-0.15, -0.1) is 0 Å². The van der Waals surface area contributed by atoms with Crippen LogP contribution < -0.4 is 0 Å². The molecule has 3 aliphatic rings. The van der Waals surface area contributed by atoms with Crippen LogP contribution in [0.25, 0.3) is 0 Å². The second-order valence-electron chi connectivity index (χ2n) is 7.13. The van der Waals surface area contributed by atoms with E-state index in [1.54, 1.807) is 14.1 Å². The lowest BCUT2D eigenvalue weighted by molar-refractivity contribution is -0.141. The molecule has 3 aliphatic heterocycles. The van der Waals surface area contributed by atoms with Crippen LogP contribution in [0.4, 0.5) is 0 Å². The largest absolute Gasteiger partial charge is 0.369 e. The standard InChI is InChI=1S/C15H27N3O4S/c1-16(2)23(20,21)18-10-8-15(12-18)7-3-5-13(22-15)11-17-9-4-6-14(17)19/h13H,3-12H2,1-2H3/t13-,15+/m0/s1. The monoisotopic (exact) mass is 345 g/mol. The summed E-state index contributed by atoms with van der Waals surface area (Å²) in [5.74, 6) is 0.219. The molecule has 7 nitrogen and oxygen atoms in total. The van der Waals surface area contributed by atoms with Gasteiger partial charge >= 0.3 is 0 Å². The van der Waals surface area contributed by atoms with Gasteiger partial charge in [-0.3, -0.25) is 4.79 Å². The predicted octanol–water partition coefficient (Wildman–Crippen LogP) is 0.429. The molecule has 3 saturated heterocycles. The second kappa shape index (κ2) is 6.31. The molecule has 0 aromatic carbocycles. The summed E-state index contributed by atoms with van der Waals surface area (Å²) < 4.78 is 33.7. The minimum absolute atomic E-state index is 0.0350. The molecular formula is C15H27N3O4S. The SMILES string of the molecule is CN(C)S(=O)(=O)N1CC[C@]2(CCC[C@@H](CN3CCCC3=O)O2)C1. The normalized spacial score (nSPS) is 33.3. The van der Waals surface area contributed by atoms with Crippen molar-refractivity contribution in [3.63, 3.8) is 0 Å². The lowest BCUT2D eigenvalue weighted by atomic mass is 9.90. The molecule has 0 radical (unpaired) electrons. The number of hydrogen-bond acceptors (Lipinski definition) is 4. The summed E-state index contributed by atoms with van der Waals surface area (Å²) in [5, 5.41) is 0. The van der Waals surface area contributed by atoms with Gasteiger partial charge in [-0.1, -0.05) is 0 Å². The van der Waals surface area contributed by atoms with E-state index in [-0.39, 0.29) is 17.6 Å². The molecule has 0 saturated carbocycles. The summed E-state index contributed by atoms with van der Waals surface area (Å²) in [5.41, 5.74) is -0.366. The Morgan fingerprint density at radius 2 is 2.04 bits per heavy atom. The number of ether oxygens (including phenoxy) is 1. The molecule has 132 valence electrons. The van der Waals surface area contributed by atoms with Crippen LogP contribution in [0, 0.1) is 0 Å². The maximum absolute atomic E-state index is 12.3. The molecule has 0 unspecified atom stereocenters. The number of carbonyl (C=O) groups is 1. The van der Waals surface area contributed by atoms with Crippen molar-refractivity contribution in [3.05, 3.63) is 0 Å². The lowest BCUT2D eigenvalue weighted by Gasteiger charge is -2.40. The zero-order valence-electron chi connectivity index (χ0n) is 14.0. The summed E-state index contributed by atoms with van der Waals surface area (Å²) in [6.07, 6.45) is 5.24. The molecule has 8 heteroatoms. The minimum atomic E-state index is -3.38. The quantitative estimate of drug-likeness (QED) is 0.741. The Bertz CT molecular complexity index is 565. The number of likely N-dealkylation sites (tertiary alicyclic amines) is 1. The van der Waals surface area contributed by atoms with Crippen LogP contribution in [0.5, 0.6) is 0 Å². The van der Waals surface area contributed by atoms with Crippen LogP contribution in [-0.2, 0) is 19.7 Å². The molecule has 2 atom stereocenters. The summed E-state index contributed by atoms with van der Waals surface area (Å²) in [4.78, 5) is 13.7. The van der Waals surface area contributed by atoms with Crippen molar-refractivity contribution in [2.45, 2.75) is 50.2 Å². The Labute approximate surface area is 138 Å². The third kappa shape index (κ3) is 3.40. The molecule has 23 heavy (non-hydrogen) atoms. The van der Waals surface area contributed by atoms with Crippen molar-refractivity contribution in [3.8, 4) is 0 Å². The highest BCUT2D eigenvalue weighted by atomic mass is 32.2. The molecular weight excluding hydrogens is 318 g/mol. The molecule has 0 N–H and O–H groups in total. The average Bonchev–Trinajstić information content (AvgIpc) is 3.07. The van der Waals surface area contributed by atoms with Gasteiger partial charge < -0.3 is 9.64 Å². The van der Waals surface area contributed by atoms with E-state index in [0.29, 0.717) is 26.1 Å². The van der Waals surface area contributed by atoms with Crippen LogP contribution in [0.2, 0.25) is 0 Å². The average molecular weight is 345 g/mol. The third-order valence-corrected chi connectivity index (χ3v) is 7.13. The van der Waals surface area contributed by atoms with Crippen molar-refractivity contribution in [1.29, 1.82) is 0 Å². The lowest BCUT2D eigenvalue weighted by Crippen LogP contribution is -2.48. The highest BCUT2D eigenvalue weighted by Gasteiger charge is 2.47. The zero-order chi connectivity index (χ0) is 16.7. The van der Waals surface area contributed by atoms with Crippen molar-refractivity contribution >= 4 is 16.1 Å². The number of nitrogens with zero attached hydrogens (tertiary/aromatic N) is 3. The Hall–Kier alpha value is -0.700. The zero-order valence-corrected chi connectivity index (χ0v) is 14.8. The van der Waals surface area contributed by atoms with Gasteiger partial charge in [0.15, 0.2) is 0 Å². The first kappa shape index (κ1) is 17.1. The first-order valence-electron chi connectivity index (χ1n) is 8.46. The minimum Gasteiger partial charge on any atom is -0.369 e. The van der Waals surface area contributed by atoms with E-state index >= 15 is 0 Å². The maximum Gasteiger partial charge on any atom is 0.281 e. The van der Waals surface area contributed by atoms with Gasteiger partial charge in [0.05, 0.1) is 11.7 Å². The second-order valence-corrected chi connectivity index (χ2v) is 9.27. The van der Waals surface area contributed by atoms with E-state index < -0.39 is 10.2 Å². The first-order valence-corrected chi connectivity index (χ1v) is 9.85. The van der Waals surface area contributed by atoms with Gasteiger partial charge in [-0.25, -0.2) is 0 Å².